The molecule has 2 atom stereocenters. The third kappa shape index (κ3) is 2.24. The lowest BCUT2D eigenvalue weighted by Crippen LogP contribution is -2.22. The van der Waals surface area contributed by atoms with E-state index >= 15 is 0 Å². The van der Waals surface area contributed by atoms with Crippen LogP contribution in [0.4, 0.5) is 0 Å². The van der Waals surface area contributed by atoms with Crippen molar-refractivity contribution in [3.63, 3.8) is 0 Å². The van der Waals surface area contributed by atoms with Crippen LogP contribution >= 0.6 is 0 Å². The highest BCUT2D eigenvalue weighted by Crippen LogP contribution is 2.49. The number of fused-ring (bicyclic) bond motifs is 4. The summed E-state index contributed by atoms with van der Waals surface area (Å²) in [6.45, 7) is 4.70. The van der Waals surface area contributed by atoms with E-state index in [0.717, 1.165) is 24.3 Å². The second-order valence-corrected chi connectivity index (χ2v) is 7.08. The van der Waals surface area contributed by atoms with Crippen molar-refractivity contribution in [2.24, 2.45) is 11.8 Å². The van der Waals surface area contributed by atoms with Crippen molar-refractivity contribution in [1.29, 1.82) is 0 Å². The zero-order chi connectivity index (χ0) is 16.8. The van der Waals surface area contributed by atoms with Gasteiger partial charge in [0, 0.05) is 0 Å². The highest BCUT2D eigenvalue weighted by atomic mass is 16.5. The van der Waals surface area contributed by atoms with Crippen LogP contribution in [0.2, 0.25) is 0 Å². The van der Waals surface area contributed by atoms with Crippen LogP contribution in [-0.2, 0) is 12.8 Å². The van der Waals surface area contributed by atoms with Crippen molar-refractivity contribution in [3.05, 3.63) is 58.7 Å². The number of rotatable bonds is 2. The summed E-state index contributed by atoms with van der Waals surface area (Å²) in [5.41, 5.74) is 8.73. The Bertz CT molecular complexity index is 762. The SMILES string of the molecule is COc1ccc2c(c1)C[C@@H](C)C1=C2[C@H](C)Cc2cc(OC)ccc21. The number of methoxy groups -OCH3 is 2. The van der Waals surface area contributed by atoms with Crippen LogP contribution < -0.4 is 9.47 Å². The van der Waals surface area contributed by atoms with Gasteiger partial charge in [0.25, 0.3) is 0 Å². The van der Waals surface area contributed by atoms with E-state index < -0.39 is 0 Å². The van der Waals surface area contributed by atoms with Gasteiger partial charge in [0.2, 0.25) is 0 Å². The first-order valence-electron chi connectivity index (χ1n) is 8.71. The molecule has 0 spiro atoms. The predicted molar refractivity (Wildman–Crippen MR) is 98.5 cm³/mol. The molecule has 0 fully saturated rings. The van der Waals surface area contributed by atoms with Gasteiger partial charge in [0.05, 0.1) is 14.2 Å². The second kappa shape index (κ2) is 5.70. The molecule has 0 unspecified atom stereocenters. The molecular formula is C22H24O2. The highest BCUT2D eigenvalue weighted by Gasteiger charge is 2.33. The summed E-state index contributed by atoms with van der Waals surface area (Å²) in [6.07, 6.45) is 2.15. The third-order valence-corrected chi connectivity index (χ3v) is 5.53. The van der Waals surface area contributed by atoms with Gasteiger partial charge in [-0.15, -0.1) is 0 Å². The third-order valence-electron chi connectivity index (χ3n) is 5.53. The average molecular weight is 320 g/mol. The van der Waals surface area contributed by atoms with Crippen LogP contribution in [0.5, 0.6) is 11.5 Å². The molecule has 0 N–H and O–H groups in total. The first-order valence-corrected chi connectivity index (χ1v) is 8.71. The first kappa shape index (κ1) is 15.3. The van der Waals surface area contributed by atoms with Gasteiger partial charge in [-0.1, -0.05) is 26.0 Å². The van der Waals surface area contributed by atoms with Crippen molar-refractivity contribution in [1.82, 2.24) is 0 Å². The topological polar surface area (TPSA) is 18.5 Å². The summed E-state index contributed by atoms with van der Waals surface area (Å²) in [5.74, 6) is 2.96. The molecule has 0 aliphatic heterocycles. The van der Waals surface area contributed by atoms with E-state index in [1.54, 1.807) is 14.2 Å². The molecule has 124 valence electrons. The molecule has 0 amide bonds. The lowest BCUT2D eigenvalue weighted by molar-refractivity contribution is 0.413. The smallest absolute Gasteiger partial charge is 0.119 e. The largest absolute Gasteiger partial charge is 0.497 e. The molecule has 4 rings (SSSR count). The predicted octanol–water partition coefficient (Wildman–Crippen LogP) is 5.00. The molecule has 2 aliphatic rings. The number of allylic oxidation sites excluding steroid dienone is 2. The molecule has 0 saturated carbocycles. The van der Waals surface area contributed by atoms with Gasteiger partial charge in [0.15, 0.2) is 0 Å². The molecule has 0 saturated heterocycles. The molecule has 0 heterocycles. The van der Waals surface area contributed by atoms with Gasteiger partial charge in [-0.25, -0.2) is 0 Å². The number of hydrogen-bond acceptors (Lipinski definition) is 2. The van der Waals surface area contributed by atoms with Crippen LogP contribution in [-0.4, -0.2) is 14.2 Å². The van der Waals surface area contributed by atoms with Gasteiger partial charge < -0.3 is 9.47 Å². The van der Waals surface area contributed by atoms with Crippen LogP contribution in [0.1, 0.15) is 36.1 Å². The second-order valence-electron chi connectivity index (χ2n) is 7.08. The summed E-state index contributed by atoms with van der Waals surface area (Å²) in [5, 5.41) is 0. The lowest BCUT2D eigenvalue weighted by atomic mass is 9.68. The maximum absolute atomic E-state index is 5.43. The van der Waals surface area contributed by atoms with E-state index in [0.29, 0.717) is 11.8 Å². The molecule has 2 nitrogen and oxygen atoms in total. The summed E-state index contributed by atoms with van der Waals surface area (Å²) in [6, 6.07) is 13.1. The minimum atomic E-state index is 0.523. The Morgan fingerprint density at radius 1 is 0.708 bits per heavy atom. The maximum atomic E-state index is 5.43. The monoisotopic (exact) mass is 320 g/mol. The molecule has 0 radical (unpaired) electrons. The van der Waals surface area contributed by atoms with Crippen molar-refractivity contribution >= 4 is 11.1 Å². The van der Waals surface area contributed by atoms with Crippen molar-refractivity contribution in [2.45, 2.75) is 26.7 Å². The zero-order valence-electron chi connectivity index (χ0n) is 14.8. The van der Waals surface area contributed by atoms with Gasteiger partial charge in [-0.3, -0.25) is 0 Å². The summed E-state index contributed by atoms with van der Waals surface area (Å²) in [4.78, 5) is 0. The Morgan fingerprint density at radius 3 is 1.50 bits per heavy atom. The Labute approximate surface area is 144 Å². The molecule has 2 heteroatoms. The highest BCUT2D eigenvalue weighted by molar-refractivity contribution is 5.97. The Balaban J connectivity index is 1.93. The van der Waals surface area contributed by atoms with E-state index in [1.165, 1.54) is 33.4 Å². The summed E-state index contributed by atoms with van der Waals surface area (Å²) < 4.78 is 10.9. The summed E-state index contributed by atoms with van der Waals surface area (Å²) in [7, 11) is 3.48. The fourth-order valence-electron chi connectivity index (χ4n) is 4.47. The Hall–Kier alpha value is -2.22. The normalized spacial score (nSPS) is 21.7. The van der Waals surface area contributed by atoms with E-state index in [1.807, 2.05) is 0 Å². The van der Waals surface area contributed by atoms with Crippen molar-refractivity contribution in [2.75, 3.05) is 14.2 Å². The van der Waals surface area contributed by atoms with E-state index in [-0.39, 0.29) is 0 Å². The molecular weight excluding hydrogens is 296 g/mol. The molecule has 2 aliphatic carbocycles. The molecule has 0 aromatic heterocycles. The minimum Gasteiger partial charge on any atom is -0.497 e. The fraction of sp³-hybridized carbons (Fsp3) is 0.364. The van der Waals surface area contributed by atoms with Crippen molar-refractivity contribution in [3.8, 4) is 11.5 Å². The Morgan fingerprint density at radius 2 is 1.12 bits per heavy atom. The standard InChI is InChI=1S/C22H24O2/c1-13-9-15-11-17(23-3)6-8-20(15)22-14(2)10-16-12-18(24-4)5-7-19(16)21(13)22/h5-8,11-14H,9-10H2,1-4H3/t13-,14-/m1/s1. The molecule has 2 aromatic rings. The van der Waals surface area contributed by atoms with Crippen molar-refractivity contribution < 1.29 is 9.47 Å². The van der Waals surface area contributed by atoms with Crippen LogP contribution in [0, 0.1) is 11.8 Å². The average Bonchev–Trinajstić information content (AvgIpc) is 2.60. The van der Waals surface area contributed by atoms with Gasteiger partial charge in [-0.05, 0) is 82.3 Å². The Kier molecular flexibility index (Phi) is 3.64. The van der Waals surface area contributed by atoms with Crippen LogP contribution in [0.25, 0.3) is 11.1 Å². The first-order chi connectivity index (χ1) is 11.6. The van der Waals surface area contributed by atoms with E-state index in [9.17, 15) is 0 Å². The minimum absolute atomic E-state index is 0.523. The zero-order valence-corrected chi connectivity index (χ0v) is 14.8. The lowest BCUT2D eigenvalue weighted by Gasteiger charge is -2.37. The van der Waals surface area contributed by atoms with Crippen LogP contribution in [0.3, 0.4) is 0 Å². The number of ether oxygens (including phenoxy) is 2. The molecule has 0 bridgehead atoms. The fourth-order valence-corrected chi connectivity index (χ4v) is 4.47. The number of hydrogen-bond donors (Lipinski definition) is 0. The van der Waals surface area contributed by atoms with Gasteiger partial charge in [-0.2, -0.15) is 0 Å². The summed E-state index contributed by atoms with van der Waals surface area (Å²) >= 11 is 0. The quantitative estimate of drug-likeness (QED) is 0.775. The molecule has 24 heavy (non-hydrogen) atoms. The maximum Gasteiger partial charge on any atom is 0.119 e. The van der Waals surface area contributed by atoms with Crippen LogP contribution in [0.15, 0.2) is 36.4 Å². The van der Waals surface area contributed by atoms with E-state index in [4.69, 9.17) is 9.47 Å². The van der Waals surface area contributed by atoms with Gasteiger partial charge in [0.1, 0.15) is 11.5 Å². The van der Waals surface area contributed by atoms with E-state index in [2.05, 4.69) is 50.2 Å². The van der Waals surface area contributed by atoms with Gasteiger partial charge >= 0.3 is 0 Å². The molecule has 2 aromatic carbocycles. The number of benzene rings is 2.